The van der Waals surface area contributed by atoms with Gasteiger partial charge in [0.2, 0.25) is 0 Å². The summed E-state index contributed by atoms with van der Waals surface area (Å²) in [6.07, 6.45) is 7.27. The molecule has 0 unspecified atom stereocenters. The standard InChI is InChI=1S/C12H20N2/c1-4-6-11-7-9-14(3)10-8-13-12(11)5-2/h4-6,13H,2,7-10H2,1,3H3/b6-4-,12-11-. The zero-order chi connectivity index (χ0) is 10.4. The number of nitrogens with one attached hydrogen (secondary N) is 1. The second-order valence-electron chi connectivity index (χ2n) is 3.62. The van der Waals surface area contributed by atoms with Gasteiger partial charge in [-0.1, -0.05) is 18.7 Å². The van der Waals surface area contributed by atoms with E-state index in [0.29, 0.717) is 0 Å². The van der Waals surface area contributed by atoms with Crippen molar-refractivity contribution in [2.75, 3.05) is 26.7 Å². The third kappa shape index (κ3) is 3.04. The van der Waals surface area contributed by atoms with Crippen molar-refractivity contribution in [2.45, 2.75) is 13.3 Å². The number of rotatable bonds is 2. The highest BCUT2D eigenvalue weighted by molar-refractivity contribution is 5.31. The summed E-state index contributed by atoms with van der Waals surface area (Å²) in [6.45, 7) is 9.11. The zero-order valence-corrected chi connectivity index (χ0v) is 9.21. The lowest BCUT2D eigenvalue weighted by Gasteiger charge is -2.22. The van der Waals surface area contributed by atoms with Gasteiger partial charge in [0, 0.05) is 25.3 Å². The van der Waals surface area contributed by atoms with E-state index in [1.807, 2.05) is 6.08 Å². The topological polar surface area (TPSA) is 15.3 Å². The Kier molecular flexibility index (Phi) is 4.47. The molecule has 0 atom stereocenters. The van der Waals surface area contributed by atoms with Gasteiger partial charge in [-0.05, 0) is 32.0 Å². The van der Waals surface area contributed by atoms with Gasteiger partial charge >= 0.3 is 0 Å². The van der Waals surface area contributed by atoms with Crippen molar-refractivity contribution in [2.24, 2.45) is 0 Å². The second-order valence-corrected chi connectivity index (χ2v) is 3.62. The third-order valence-corrected chi connectivity index (χ3v) is 2.49. The largest absolute Gasteiger partial charge is 0.384 e. The van der Waals surface area contributed by atoms with Crippen molar-refractivity contribution in [3.05, 3.63) is 36.1 Å². The van der Waals surface area contributed by atoms with Crippen LogP contribution in [0, 0.1) is 0 Å². The third-order valence-electron chi connectivity index (χ3n) is 2.49. The van der Waals surface area contributed by atoms with E-state index in [1.54, 1.807) is 0 Å². The van der Waals surface area contributed by atoms with Gasteiger partial charge in [-0.25, -0.2) is 0 Å². The molecule has 0 saturated heterocycles. The summed E-state index contributed by atoms with van der Waals surface area (Å²) in [6, 6.07) is 0. The van der Waals surface area contributed by atoms with E-state index in [9.17, 15) is 0 Å². The fraction of sp³-hybridized carbons (Fsp3) is 0.500. The molecule has 2 heteroatoms. The highest BCUT2D eigenvalue weighted by atomic mass is 15.1. The SMILES string of the molecule is C=C/C1=C(\C=C/C)CCN(C)CCN1. The van der Waals surface area contributed by atoms with E-state index >= 15 is 0 Å². The lowest BCUT2D eigenvalue weighted by atomic mass is 10.1. The molecular formula is C12H20N2. The van der Waals surface area contributed by atoms with Crippen LogP contribution in [0.1, 0.15) is 13.3 Å². The smallest absolute Gasteiger partial charge is 0.0367 e. The molecule has 0 aromatic rings. The molecule has 0 amide bonds. The lowest BCUT2D eigenvalue weighted by Crippen LogP contribution is -2.32. The van der Waals surface area contributed by atoms with Crippen LogP contribution >= 0.6 is 0 Å². The Bertz CT molecular complexity index is 251. The van der Waals surface area contributed by atoms with Crippen LogP contribution in [0.3, 0.4) is 0 Å². The summed E-state index contributed by atoms with van der Waals surface area (Å²) in [5.74, 6) is 0. The van der Waals surface area contributed by atoms with Crippen LogP contribution in [-0.2, 0) is 0 Å². The Morgan fingerprint density at radius 1 is 1.43 bits per heavy atom. The average molecular weight is 192 g/mol. The van der Waals surface area contributed by atoms with E-state index in [4.69, 9.17) is 0 Å². The minimum atomic E-state index is 0.999. The Morgan fingerprint density at radius 3 is 2.86 bits per heavy atom. The van der Waals surface area contributed by atoms with Gasteiger partial charge in [0.15, 0.2) is 0 Å². The van der Waals surface area contributed by atoms with Crippen LogP contribution in [0.15, 0.2) is 36.1 Å². The normalized spacial score (nSPS) is 25.6. The van der Waals surface area contributed by atoms with Crippen molar-refractivity contribution in [3.63, 3.8) is 0 Å². The van der Waals surface area contributed by atoms with E-state index in [1.165, 1.54) is 11.3 Å². The molecule has 78 valence electrons. The molecule has 0 fully saturated rings. The molecule has 1 aliphatic rings. The van der Waals surface area contributed by atoms with E-state index in [0.717, 1.165) is 26.1 Å². The molecule has 0 saturated carbocycles. The van der Waals surface area contributed by atoms with Gasteiger partial charge in [0.25, 0.3) is 0 Å². The van der Waals surface area contributed by atoms with Crippen molar-refractivity contribution < 1.29 is 0 Å². The summed E-state index contributed by atoms with van der Waals surface area (Å²) < 4.78 is 0. The van der Waals surface area contributed by atoms with Gasteiger partial charge in [0.1, 0.15) is 0 Å². The van der Waals surface area contributed by atoms with E-state index in [2.05, 4.69) is 42.9 Å². The highest BCUT2D eigenvalue weighted by Crippen LogP contribution is 2.12. The van der Waals surface area contributed by atoms with E-state index in [-0.39, 0.29) is 0 Å². The average Bonchev–Trinajstić information content (AvgIpc) is 2.17. The Balaban J connectivity index is 2.81. The maximum Gasteiger partial charge on any atom is 0.0367 e. The van der Waals surface area contributed by atoms with Gasteiger partial charge in [-0.2, -0.15) is 0 Å². The fourth-order valence-corrected chi connectivity index (χ4v) is 1.63. The van der Waals surface area contributed by atoms with Gasteiger partial charge < -0.3 is 10.2 Å². The molecule has 2 nitrogen and oxygen atoms in total. The van der Waals surface area contributed by atoms with Crippen molar-refractivity contribution in [1.29, 1.82) is 0 Å². The maximum absolute atomic E-state index is 3.84. The van der Waals surface area contributed by atoms with Crippen molar-refractivity contribution in [1.82, 2.24) is 10.2 Å². The predicted octanol–water partition coefficient (Wildman–Crippen LogP) is 1.93. The number of nitrogens with zero attached hydrogens (tertiary/aromatic N) is 1. The molecule has 1 aliphatic heterocycles. The number of likely N-dealkylation sites (N-methyl/N-ethyl adjacent to an activating group) is 1. The van der Waals surface area contributed by atoms with Gasteiger partial charge in [-0.3, -0.25) is 0 Å². The summed E-state index contributed by atoms with van der Waals surface area (Å²) in [5, 5.41) is 3.41. The lowest BCUT2D eigenvalue weighted by molar-refractivity contribution is 0.334. The molecular weight excluding hydrogens is 172 g/mol. The van der Waals surface area contributed by atoms with Gasteiger partial charge in [0.05, 0.1) is 0 Å². The number of allylic oxidation sites excluding steroid dienone is 3. The minimum Gasteiger partial charge on any atom is -0.384 e. The molecule has 1 heterocycles. The quantitative estimate of drug-likeness (QED) is 0.719. The Labute approximate surface area is 87.0 Å². The molecule has 0 bridgehead atoms. The van der Waals surface area contributed by atoms with Crippen LogP contribution in [-0.4, -0.2) is 31.6 Å². The first-order chi connectivity index (χ1) is 6.77. The predicted molar refractivity (Wildman–Crippen MR) is 62.2 cm³/mol. The van der Waals surface area contributed by atoms with Crippen molar-refractivity contribution in [3.8, 4) is 0 Å². The summed E-state index contributed by atoms with van der Waals surface area (Å²) in [5.41, 5.74) is 2.55. The van der Waals surface area contributed by atoms with Crippen molar-refractivity contribution >= 4 is 0 Å². The number of hydrogen-bond acceptors (Lipinski definition) is 2. The summed E-state index contributed by atoms with van der Waals surface area (Å²) in [7, 11) is 2.16. The molecule has 0 radical (unpaired) electrons. The van der Waals surface area contributed by atoms with Crippen LogP contribution in [0.5, 0.6) is 0 Å². The molecule has 0 aliphatic carbocycles. The number of hydrogen-bond donors (Lipinski definition) is 1. The van der Waals surface area contributed by atoms with Gasteiger partial charge in [-0.15, -0.1) is 0 Å². The minimum absolute atomic E-state index is 0.999. The molecule has 0 aromatic carbocycles. The first kappa shape index (κ1) is 11.1. The molecule has 14 heavy (non-hydrogen) atoms. The van der Waals surface area contributed by atoms with Crippen LogP contribution in [0.2, 0.25) is 0 Å². The van der Waals surface area contributed by atoms with Crippen LogP contribution in [0.4, 0.5) is 0 Å². The Hall–Kier alpha value is -1.02. The fourth-order valence-electron chi connectivity index (χ4n) is 1.63. The zero-order valence-electron chi connectivity index (χ0n) is 9.21. The first-order valence-corrected chi connectivity index (χ1v) is 5.18. The summed E-state index contributed by atoms with van der Waals surface area (Å²) in [4.78, 5) is 2.34. The van der Waals surface area contributed by atoms with E-state index < -0.39 is 0 Å². The second kappa shape index (κ2) is 5.66. The molecule has 1 rings (SSSR count). The molecule has 0 spiro atoms. The monoisotopic (exact) mass is 192 g/mol. The summed E-state index contributed by atoms with van der Waals surface area (Å²) >= 11 is 0. The van der Waals surface area contributed by atoms with Crippen LogP contribution < -0.4 is 5.32 Å². The molecule has 1 N–H and O–H groups in total. The first-order valence-electron chi connectivity index (χ1n) is 5.18. The van der Waals surface area contributed by atoms with Crippen LogP contribution in [0.25, 0.3) is 0 Å². The Morgan fingerprint density at radius 2 is 2.21 bits per heavy atom. The highest BCUT2D eigenvalue weighted by Gasteiger charge is 2.07. The molecule has 0 aromatic heterocycles. The maximum atomic E-state index is 3.84.